The zero-order valence-electron chi connectivity index (χ0n) is 10.5. The molecule has 1 heterocycles. The van der Waals surface area contributed by atoms with Crippen LogP contribution in [0.15, 0.2) is 0 Å². The molecule has 1 saturated carbocycles. The lowest BCUT2D eigenvalue weighted by molar-refractivity contribution is -0.145. The minimum Gasteiger partial charge on any atom is -0.480 e. The molecular weight excluding hydrogens is 256 g/mol. The van der Waals surface area contributed by atoms with Crippen molar-refractivity contribution < 1.29 is 18.3 Å². The normalized spacial score (nSPS) is 31.8. The molecule has 1 saturated heterocycles. The molecule has 2 rings (SSSR count). The van der Waals surface area contributed by atoms with Gasteiger partial charge in [-0.2, -0.15) is 0 Å². The van der Waals surface area contributed by atoms with Crippen molar-refractivity contribution in [2.45, 2.75) is 31.3 Å². The molecule has 1 aliphatic heterocycles. The van der Waals surface area contributed by atoms with Gasteiger partial charge in [0.05, 0.1) is 11.5 Å². The number of hydrogen-bond donors (Lipinski definition) is 2. The van der Waals surface area contributed by atoms with Crippen LogP contribution in [0.5, 0.6) is 0 Å². The summed E-state index contributed by atoms with van der Waals surface area (Å²) in [5, 5.41) is 9.29. The Morgan fingerprint density at radius 1 is 1.50 bits per heavy atom. The fraction of sp³-hybridized carbons (Fsp3) is 0.909. The molecule has 0 aromatic heterocycles. The SMILES string of the molecule is CC1CS(=O)(=O)CCN1CC(N)(C(=O)O)C1CC1. The van der Waals surface area contributed by atoms with Crippen molar-refractivity contribution in [3.05, 3.63) is 0 Å². The second-order valence-electron chi connectivity index (χ2n) is 5.55. The molecule has 1 aliphatic carbocycles. The molecular formula is C11H20N2O4S. The van der Waals surface area contributed by atoms with Crippen LogP contribution in [-0.4, -0.2) is 60.6 Å². The van der Waals surface area contributed by atoms with Crippen LogP contribution in [0.25, 0.3) is 0 Å². The summed E-state index contributed by atoms with van der Waals surface area (Å²) in [4.78, 5) is 13.2. The van der Waals surface area contributed by atoms with Crippen LogP contribution in [-0.2, 0) is 14.6 Å². The monoisotopic (exact) mass is 276 g/mol. The molecule has 0 bridgehead atoms. The Hall–Kier alpha value is -0.660. The Kier molecular flexibility index (Phi) is 3.42. The van der Waals surface area contributed by atoms with E-state index >= 15 is 0 Å². The lowest BCUT2D eigenvalue weighted by Gasteiger charge is -2.38. The van der Waals surface area contributed by atoms with Gasteiger partial charge in [-0.05, 0) is 25.7 Å². The van der Waals surface area contributed by atoms with Gasteiger partial charge in [0.2, 0.25) is 0 Å². The van der Waals surface area contributed by atoms with Crippen molar-refractivity contribution in [1.29, 1.82) is 0 Å². The number of carboxylic acids is 1. The molecule has 0 radical (unpaired) electrons. The Labute approximate surface area is 107 Å². The summed E-state index contributed by atoms with van der Waals surface area (Å²) in [7, 11) is -2.98. The number of nitrogens with zero attached hydrogens (tertiary/aromatic N) is 1. The van der Waals surface area contributed by atoms with E-state index in [1.807, 2.05) is 11.8 Å². The molecule has 2 aliphatic rings. The Morgan fingerprint density at radius 2 is 2.11 bits per heavy atom. The summed E-state index contributed by atoms with van der Waals surface area (Å²) in [6, 6.07) is -0.162. The quantitative estimate of drug-likeness (QED) is 0.704. The van der Waals surface area contributed by atoms with Gasteiger partial charge in [-0.25, -0.2) is 8.42 Å². The van der Waals surface area contributed by atoms with E-state index < -0.39 is 21.3 Å². The average Bonchev–Trinajstić information content (AvgIpc) is 3.04. The first-order valence-electron chi connectivity index (χ1n) is 6.21. The summed E-state index contributed by atoms with van der Waals surface area (Å²) < 4.78 is 23.0. The highest BCUT2D eigenvalue weighted by molar-refractivity contribution is 7.91. The van der Waals surface area contributed by atoms with Crippen LogP contribution in [0.1, 0.15) is 19.8 Å². The van der Waals surface area contributed by atoms with E-state index in [9.17, 15) is 18.3 Å². The summed E-state index contributed by atoms with van der Waals surface area (Å²) >= 11 is 0. The van der Waals surface area contributed by atoms with Crippen molar-refractivity contribution >= 4 is 15.8 Å². The maximum absolute atomic E-state index is 11.5. The maximum Gasteiger partial charge on any atom is 0.325 e. The third-order valence-electron chi connectivity index (χ3n) is 3.98. The molecule has 7 heteroatoms. The molecule has 0 aromatic rings. The predicted molar refractivity (Wildman–Crippen MR) is 67.0 cm³/mol. The van der Waals surface area contributed by atoms with Gasteiger partial charge in [0.15, 0.2) is 9.84 Å². The lowest BCUT2D eigenvalue weighted by Crippen LogP contribution is -2.61. The van der Waals surface area contributed by atoms with Crippen LogP contribution >= 0.6 is 0 Å². The van der Waals surface area contributed by atoms with E-state index in [0.29, 0.717) is 6.54 Å². The number of nitrogens with two attached hydrogens (primary N) is 1. The Balaban J connectivity index is 2.07. The van der Waals surface area contributed by atoms with Crippen LogP contribution in [0.4, 0.5) is 0 Å². The second kappa shape index (κ2) is 4.47. The maximum atomic E-state index is 11.5. The number of aliphatic carboxylic acids is 1. The average molecular weight is 276 g/mol. The lowest BCUT2D eigenvalue weighted by atomic mass is 9.93. The van der Waals surface area contributed by atoms with Crippen molar-refractivity contribution in [3.63, 3.8) is 0 Å². The zero-order valence-corrected chi connectivity index (χ0v) is 11.3. The smallest absolute Gasteiger partial charge is 0.325 e. The number of carboxylic acid groups (broad SMARTS) is 1. The van der Waals surface area contributed by atoms with Crippen molar-refractivity contribution in [3.8, 4) is 0 Å². The van der Waals surface area contributed by atoms with E-state index in [4.69, 9.17) is 5.73 Å². The number of carbonyl (C=O) groups is 1. The molecule has 2 atom stereocenters. The second-order valence-corrected chi connectivity index (χ2v) is 7.78. The molecule has 104 valence electrons. The Bertz CT molecular complexity index is 446. The van der Waals surface area contributed by atoms with E-state index in [0.717, 1.165) is 12.8 Å². The van der Waals surface area contributed by atoms with Gasteiger partial charge >= 0.3 is 5.97 Å². The molecule has 6 nitrogen and oxygen atoms in total. The highest BCUT2D eigenvalue weighted by Gasteiger charge is 2.50. The fourth-order valence-corrected chi connectivity index (χ4v) is 4.20. The minimum absolute atomic E-state index is 0.0285. The number of hydrogen-bond acceptors (Lipinski definition) is 5. The predicted octanol–water partition coefficient (Wildman–Crippen LogP) is -0.703. The van der Waals surface area contributed by atoms with E-state index in [1.165, 1.54) is 0 Å². The third kappa shape index (κ3) is 2.67. The van der Waals surface area contributed by atoms with Gasteiger partial charge in [-0.3, -0.25) is 9.69 Å². The van der Waals surface area contributed by atoms with E-state index in [1.54, 1.807) is 0 Å². The van der Waals surface area contributed by atoms with Crippen molar-refractivity contribution in [1.82, 2.24) is 4.90 Å². The molecule has 18 heavy (non-hydrogen) atoms. The minimum atomic E-state index is -2.98. The van der Waals surface area contributed by atoms with Gasteiger partial charge < -0.3 is 10.8 Å². The first-order chi connectivity index (χ1) is 8.24. The number of sulfone groups is 1. The van der Waals surface area contributed by atoms with Crippen molar-refractivity contribution in [2.24, 2.45) is 11.7 Å². The van der Waals surface area contributed by atoms with E-state index in [2.05, 4.69) is 0 Å². The van der Waals surface area contributed by atoms with Gasteiger partial charge in [-0.1, -0.05) is 0 Å². The highest BCUT2D eigenvalue weighted by atomic mass is 32.2. The molecule has 2 fully saturated rings. The van der Waals surface area contributed by atoms with Crippen LogP contribution in [0.2, 0.25) is 0 Å². The van der Waals surface area contributed by atoms with Crippen LogP contribution < -0.4 is 5.73 Å². The molecule has 0 aromatic carbocycles. The van der Waals surface area contributed by atoms with Gasteiger partial charge in [0, 0.05) is 19.1 Å². The molecule has 3 N–H and O–H groups in total. The summed E-state index contributed by atoms with van der Waals surface area (Å²) in [5.74, 6) is -0.767. The summed E-state index contributed by atoms with van der Waals surface area (Å²) in [5.41, 5.74) is 4.79. The van der Waals surface area contributed by atoms with Crippen LogP contribution in [0, 0.1) is 5.92 Å². The number of rotatable bonds is 4. The van der Waals surface area contributed by atoms with E-state index in [-0.39, 0.29) is 30.0 Å². The van der Waals surface area contributed by atoms with Gasteiger partial charge in [-0.15, -0.1) is 0 Å². The topological polar surface area (TPSA) is 101 Å². The largest absolute Gasteiger partial charge is 0.480 e. The third-order valence-corrected chi connectivity index (χ3v) is 5.77. The molecule has 0 amide bonds. The van der Waals surface area contributed by atoms with Gasteiger partial charge in [0.25, 0.3) is 0 Å². The standard InChI is InChI=1S/C11H20N2O4S/c1-8-6-18(16,17)5-4-13(8)7-11(12,10(14)15)9-2-3-9/h8-9H,2-7,12H2,1H3,(H,14,15). The zero-order chi connectivity index (χ0) is 13.6. The Morgan fingerprint density at radius 3 is 2.56 bits per heavy atom. The fourth-order valence-electron chi connectivity index (χ4n) is 2.57. The van der Waals surface area contributed by atoms with Gasteiger partial charge in [0.1, 0.15) is 5.54 Å². The molecule has 2 unspecified atom stereocenters. The summed E-state index contributed by atoms with van der Waals surface area (Å²) in [6.45, 7) is 2.43. The first-order valence-corrected chi connectivity index (χ1v) is 8.03. The molecule has 0 spiro atoms. The van der Waals surface area contributed by atoms with Crippen LogP contribution in [0.3, 0.4) is 0 Å². The summed E-state index contributed by atoms with van der Waals surface area (Å²) in [6.07, 6.45) is 1.70. The van der Waals surface area contributed by atoms with Crippen molar-refractivity contribution in [2.75, 3.05) is 24.6 Å². The first kappa shape index (κ1) is 13.8. The highest BCUT2D eigenvalue weighted by Crippen LogP contribution is 2.39.